The van der Waals surface area contributed by atoms with Crippen molar-refractivity contribution in [3.8, 4) is 45.6 Å². The molecule has 454 valence electrons. The third-order valence-corrected chi connectivity index (χ3v) is 16.3. The first-order valence-electron chi connectivity index (χ1n) is 31.3. The minimum absolute atomic E-state index is 0.127. The highest BCUT2D eigenvalue weighted by atomic mass is 16.6. The van der Waals surface area contributed by atoms with E-state index < -0.39 is 0 Å². The lowest BCUT2D eigenvalue weighted by molar-refractivity contribution is 0.226. The minimum Gasteiger partial charge on any atom is -0.485 e. The van der Waals surface area contributed by atoms with Gasteiger partial charge >= 0.3 is 0 Å². The van der Waals surface area contributed by atoms with Crippen LogP contribution in [-0.4, -0.2) is 37.1 Å². The monoisotopic (exact) mass is 1190 g/mol. The maximum Gasteiger partial charge on any atom is 0.217 e. The Bertz CT molecular complexity index is 3740. The summed E-state index contributed by atoms with van der Waals surface area (Å²) in [7, 11) is 0. The predicted octanol–water partition coefficient (Wildman–Crippen LogP) is 17.6. The fourth-order valence-corrected chi connectivity index (χ4v) is 11.3. The van der Waals surface area contributed by atoms with Gasteiger partial charge in [-0.1, -0.05) is 270 Å². The van der Waals surface area contributed by atoms with E-state index in [2.05, 4.69) is 149 Å². The second kappa shape index (κ2) is 29.3. The maximum atomic E-state index is 7.70. The van der Waals surface area contributed by atoms with E-state index in [9.17, 15) is 0 Å². The van der Waals surface area contributed by atoms with Gasteiger partial charge in [0, 0.05) is 35.1 Å². The van der Waals surface area contributed by atoms with E-state index in [1.54, 1.807) is 0 Å². The molecule has 0 saturated heterocycles. The summed E-state index contributed by atoms with van der Waals surface area (Å²) in [4.78, 5) is 11.3. The van der Waals surface area contributed by atoms with Crippen molar-refractivity contribution in [2.45, 2.75) is 92.3 Å². The SMILES string of the molecule is CC(C)[C@H]1COC(c2c(Cc3ccccc3)c(OCc3ccccc3)c(OCc3ccccc3)c(OCc3ccccc3)c2-c2c(OCc3ccccc3)c(OCc3ccccc3)c(OCc3ccccc3)c(Cc3ccccc3)c2C2=N[C@@H](C(C)C)CO2)=N1. The largest absolute Gasteiger partial charge is 0.485 e. The van der Waals surface area contributed by atoms with Crippen LogP contribution in [0.4, 0.5) is 0 Å². The molecule has 0 radical (unpaired) electrons. The summed E-state index contributed by atoms with van der Waals surface area (Å²) in [6.07, 6.45) is 0.717. The van der Waals surface area contributed by atoms with Gasteiger partial charge < -0.3 is 37.9 Å². The summed E-state index contributed by atoms with van der Waals surface area (Å²) >= 11 is 0. The Hall–Kier alpha value is -10.1. The Morgan fingerprint density at radius 3 is 0.744 bits per heavy atom. The molecule has 0 aromatic heterocycles. The van der Waals surface area contributed by atoms with Crippen LogP contribution in [-0.2, 0) is 62.0 Å². The first-order chi connectivity index (χ1) is 44.3. The molecule has 2 atom stereocenters. The molecule has 2 aliphatic heterocycles. The van der Waals surface area contributed by atoms with E-state index in [0.29, 0.717) is 94.6 Å². The summed E-state index contributed by atoms with van der Waals surface area (Å²) in [5, 5.41) is 0. The van der Waals surface area contributed by atoms with Gasteiger partial charge in [0.2, 0.25) is 23.3 Å². The first kappa shape index (κ1) is 60.2. The first-order valence-corrected chi connectivity index (χ1v) is 31.3. The highest BCUT2D eigenvalue weighted by Gasteiger charge is 2.42. The molecule has 0 fully saturated rings. The van der Waals surface area contributed by atoms with Gasteiger partial charge in [0.25, 0.3) is 0 Å². The Kier molecular flexibility index (Phi) is 19.6. The molecule has 0 N–H and O–H groups in total. The third kappa shape index (κ3) is 14.6. The third-order valence-electron chi connectivity index (χ3n) is 16.3. The summed E-state index contributed by atoms with van der Waals surface area (Å²) in [6, 6.07) is 81.7. The van der Waals surface area contributed by atoms with Gasteiger partial charge in [-0.25, -0.2) is 9.98 Å². The van der Waals surface area contributed by atoms with Crippen LogP contribution in [0.1, 0.15) is 94.5 Å². The average Bonchev–Trinajstić information content (AvgIpc) is 0.937. The van der Waals surface area contributed by atoms with Crippen molar-refractivity contribution in [3.05, 3.63) is 309 Å². The molecule has 2 heterocycles. The van der Waals surface area contributed by atoms with E-state index in [1.807, 2.05) is 121 Å². The number of aliphatic imine (C=N–C) groups is 2. The van der Waals surface area contributed by atoms with Gasteiger partial charge in [0.05, 0.1) is 23.2 Å². The van der Waals surface area contributed by atoms with E-state index in [-0.39, 0.29) is 63.6 Å². The van der Waals surface area contributed by atoms with Crippen LogP contribution in [0.2, 0.25) is 0 Å². The molecular weight excluding hydrogens is 1120 g/mol. The standard InChI is InChI=1S/C80H76N2O8/c1-55(2)67-53-89-79(81-67)69-65(45-57-29-13-5-14-30-57)73(83-47-59-33-17-7-18-34-59)77(87-51-63-41-25-11-26-42-63)75(85-49-61-37-21-9-22-38-61)71(69)72-70(80-82-68(54-90-80)56(3)4)66(46-58-31-15-6-16-32-58)74(84-48-60-35-19-8-20-36-60)78(88-52-64-43-27-12-28-44-64)76(72)86-50-62-39-23-10-24-40-62/h5-44,55-56,67-68H,45-54H2,1-4H3/t67-,68-/m1/s1. The number of nitrogens with zero attached hydrogens (tertiary/aromatic N) is 2. The van der Waals surface area contributed by atoms with Crippen molar-refractivity contribution in [2.75, 3.05) is 13.2 Å². The molecule has 10 aromatic rings. The van der Waals surface area contributed by atoms with Crippen molar-refractivity contribution >= 4 is 11.8 Å². The lowest BCUT2D eigenvalue weighted by atomic mass is 9.83. The molecule has 10 heteroatoms. The van der Waals surface area contributed by atoms with Crippen molar-refractivity contribution in [1.82, 2.24) is 0 Å². The normalized spacial score (nSPS) is 14.3. The van der Waals surface area contributed by atoms with Crippen LogP contribution < -0.4 is 28.4 Å². The number of benzene rings is 10. The smallest absolute Gasteiger partial charge is 0.217 e. The quantitative estimate of drug-likeness (QED) is 0.0502. The Morgan fingerprint density at radius 2 is 0.511 bits per heavy atom. The molecule has 0 amide bonds. The number of rotatable bonds is 27. The zero-order chi connectivity index (χ0) is 61.4. The van der Waals surface area contributed by atoms with Crippen LogP contribution in [0.25, 0.3) is 11.1 Å². The molecule has 12 rings (SSSR count). The van der Waals surface area contributed by atoms with Crippen molar-refractivity contribution in [1.29, 1.82) is 0 Å². The average molecular weight is 1190 g/mol. The summed E-state index contributed by atoms with van der Waals surface area (Å²) < 4.78 is 59.6. The molecule has 0 unspecified atom stereocenters. The molecular formula is C80H76N2O8. The van der Waals surface area contributed by atoms with Crippen LogP contribution >= 0.6 is 0 Å². The predicted molar refractivity (Wildman–Crippen MR) is 357 cm³/mol. The van der Waals surface area contributed by atoms with Gasteiger partial charge in [-0.3, -0.25) is 0 Å². The van der Waals surface area contributed by atoms with Crippen LogP contribution in [0, 0.1) is 11.8 Å². The summed E-state index contributed by atoms with van der Waals surface area (Å²) in [5.41, 5.74) is 11.7. The van der Waals surface area contributed by atoms with E-state index in [4.69, 9.17) is 47.9 Å². The van der Waals surface area contributed by atoms with Crippen molar-refractivity contribution < 1.29 is 37.9 Å². The highest BCUT2D eigenvalue weighted by Crippen LogP contribution is 2.59. The Morgan fingerprint density at radius 1 is 0.289 bits per heavy atom. The van der Waals surface area contributed by atoms with Crippen molar-refractivity contribution in [3.63, 3.8) is 0 Å². The highest BCUT2D eigenvalue weighted by molar-refractivity contribution is 6.13. The van der Waals surface area contributed by atoms with Gasteiger partial charge in [0.15, 0.2) is 23.0 Å². The molecule has 0 saturated carbocycles. The topological polar surface area (TPSA) is 98.6 Å². The molecule has 0 aliphatic carbocycles. The zero-order valence-corrected chi connectivity index (χ0v) is 51.6. The van der Waals surface area contributed by atoms with E-state index in [0.717, 1.165) is 55.6 Å². The molecule has 0 bridgehead atoms. The second-order valence-corrected chi connectivity index (χ2v) is 23.5. The van der Waals surface area contributed by atoms with Gasteiger partial charge in [0.1, 0.15) is 52.9 Å². The van der Waals surface area contributed by atoms with E-state index >= 15 is 0 Å². The van der Waals surface area contributed by atoms with E-state index in [1.165, 1.54) is 0 Å². The fraction of sp³-hybridized carbons (Fsp3) is 0.225. The summed E-state index contributed by atoms with van der Waals surface area (Å²) in [6.45, 7) is 10.4. The zero-order valence-electron chi connectivity index (χ0n) is 51.6. The second-order valence-electron chi connectivity index (χ2n) is 23.5. The molecule has 10 nitrogen and oxygen atoms in total. The lowest BCUT2D eigenvalue weighted by Crippen LogP contribution is -2.19. The molecule has 2 aliphatic rings. The lowest BCUT2D eigenvalue weighted by Gasteiger charge is -2.30. The number of ether oxygens (including phenoxy) is 8. The van der Waals surface area contributed by atoms with Crippen molar-refractivity contribution in [2.24, 2.45) is 21.8 Å². The Labute approximate surface area is 529 Å². The minimum atomic E-state index is -0.191. The molecule has 10 aromatic carbocycles. The number of hydrogen-bond acceptors (Lipinski definition) is 10. The van der Waals surface area contributed by atoms with Gasteiger partial charge in [-0.05, 0) is 56.3 Å². The van der Waals surface area contributed by atoms with Crippen LogP contribution in [0.5, 0.6) is 34.5 Å². The Balaban J connectivity index is 1.30. The maximum absolute atomic E-state index is 7.70. The van der Waals surface area contributed by atoms with Gasteiger partial charge in [-0.2, -0.15) is 0 Å². The number of hydrogen-bond donors (Lipinski definition) is 0. The van der Waals surface area contributed by atoms with Gasteiger partial charge in [-0.15, -0.1) is 0 Å². The van der Waals surface area contributed by atoms with Crippen LogP contribution in [0.15, 0.2) is 253 Å². The molecule has 90 heavy (non-hydrogen) atoms. The van der Waals surface area contributed by atoms with Crippen LogP contribution in [0.3, 0.4) is 0 Å². The summed E-state index contributed by atoms with van der Waals surface area (Å²) in [5.74, 6) is 3.57. The fourth-order valence-electron chi connectivity index (χ4n) is 11.3. The molecule has 0 spiro atoms.